The Kier molecular flexibility index (Phi) is 3.61. The smallest absolute Gasteiger partial charge is 0.374 e. The molecule has 6 heteroatoms. The Balaban J connectivity index is 2.99. The summed E-state index contributed by atoms with van der Waals surface area (Å²) in [5, 5.41) is 0. The van der Waals surface area contributed by atoms with Crippen molar-refractivity contribution in [3.05, 3.63) is 33.9 Å². The second-order valence-electron chi connectivity index (χ2n) is 2.52. The maximum atomic E-state index is 11.1. The third-order valence-corrected chi connectivity index (χ3v) is 1.50. The fraction of sp³-hybridized carbons (Fsp3) is 0.222. The minimum atomic E-state index is -0.764. The lowest BCUT2D eigenvalue weighted by Gasteiger charge is -2.01. The van der Waals surface area contributed by atoms with Crippen molar-refractivity contribution in [2.75, 3.05) is 7.11 Å². The molecule has 0 unspecified atom stereocenters. The maximum Gasteiger partial charge on any atom is 0.374 e. The van der Waals surface area contributed by atoms with Crippen molar-refractivity contribution in [1.82, 2.24) is 0 Å². The van der Waals surface area contributed by atoms with Crippen molar-refractivity contribution in [1.29, 1.82) is 0 Å². The maximum absolute atomic E-state index is 11.1. The van der Waals surface area contributed by atoms with E-state index in [1.54, 1.807) is 0 Å². The predicted molar refractivity (Wildman–Crippen MR) is 47.2 cm³/mol. The summed E-state index contributed by atoms with van der Waals surface area (Å²) in [6.45, 7) is 0.00832. The number of carbonyl (C=O) groups excluding carboxylic acids is 2. The van der Waals surface area contributed by atoms with Crippen molar-refractivity contribution in [2.45, 2.75) is 6.61 Å². The van der Waals surface area contributed by atoms with E-state index in [4.69, 9.17) is 4.42 Å². The standard InChI is InChI=1S/C9H8O6/c1-13-9(12)8-3-6(11)2-7(15-8)4-14-5-10/h2-3,5H,4H2,1H3. The minimum absolute atomic E-state index is 0.0787. The molecule has 0 aromatic carbocycles. The molecule has 0 saturated heterocycles. The Morgan fingerprint density at radius 3 is 2.87 bits per heavy atom. The molecule has 0 N–H and O–H groups in total. The molecule has 0 atom stereocenters. The van der Waals surface area contributed by atoms with Gasteiger partial charge in [0.15, 0.2) is 5.43 Å². The van der Waals surface area contributed by atoms with Crippen LogP contribution >= 0.6 is 0 Å². The van der Waals surface area contributed by atoms with Crippen LogP contribution in [0, 0.1) is 0 Å². The van der Waals surface area contributed by atoms with E-state index in [0.29, 0.717) is 0 Å². The number of methoxy groups -OCH3 is 1. The summed E-state index contributed by atoms with van der Waals surface area (Å²) in [5.74, 6) is -0.912. The third-order valence-electron chi connectivity index (χ3n) is 1.50. The molecule has 0 spiro atoms. The molecule has 1 aromatic heterocycles. The van der Waals surface area contributed by atoms with E-state index < -0.39 is 11.4 Å². The van der Waals surface area contributed by atoms with Gasteiger partial charge >= 0.3 is 5.97 Å². The Bertz CT molecular complexity index is 419. The lowest BCUT2D eigenvalue weighted by Crippen LogP contribution is -2.09. The van der Waals surface area contributed by atoms with E-state index in [-0.39, 0.29) is 24.6 Å². The molecule has 0 aliphatic heterocycles. The number of esters is 1. The highest BCUT2D eigenvalue weighted by Crippen LogP contribution is 2.04. The number of carbonyl (C=O) groups is 2. The normalized spacial score (nSPS) is 9.40. The molecular weight excluding hydrogens is 204 g/mol. The van der Waals surface area contributed by atoms with Crippen molar-refractivity contribution in [3.63, 3.8) is 0 Å². The largest absolute Gasteiger partial charge is 0.463 e. The predicted octanol–water partition coefficient (Wildman–Crippen LogP) is 0.0994. The van der Waals surface area contributed by atoms with Crippen molar-refractivity contribution >= 4 is 12.4 Å². The van der Waals surface area contributed by atoms with Crippen molar-refractivity contribution in [3.8, 4) is 0 Å². The summed E-state index contributed by atoms with van der Waals surface area (Å²) in [6, 6.07) is 2.12. The highest BCUT2D eigenvalue weighted by molar-refractivity contribution is 5.85. The van der Waals surface area contributed by atoms with Crippen LogP contribution in [0.2, 0.25) is 0 Å². The molecule has 0 amide bonds. The van der Waals surface area contributed by atoms with Crippen LogP contribution in [0.15, 0.2) is 21.3 Å². The fourth-order valence-electron chi connectivity index (χ4n) is 0.918. The minimum Gasteiger partial charge on any atom is -0.463 e. The molecule has 6 nitrogen and oxygen atoms in total. The van der Waals surface area contributed by atoms with Gasteiger partial charge in [0.2, 0.25) is 5.76 Å². The first-order valence-electron chi connectivity index (χ1n) is 3.95. The number of hydrogen-bond donors (Lipinski definition) is 0. The summed E-state index contributed by atoms with van der Waals surface area (Å²) in [5.41, 5.74) is -0.425. The van der Waals surface area contributed by atoms with Gasteiger partial charge in [0, 0.05) is 12.1 Å². The molecule has 0 aliphatic rings. The Morgan fingerprint density at radius 1 is 1.53 bits per heavy atom. The topological polar surface area (TPSA) is 82.8 Å². The summed E-state index contributed by atoms with van der Waals surface area (Å²) in [6.07, 6.45) is 0. The summed E-state index contributed by atoms with van der Waals surface area (Å²) >= 11 is 0. The fourth-order valence-corrected chi connectivity index (χ4v) is 0.918. The summed E-state index contributed by atoms with van der Waals surface area (Å²) < 4.78 is 13.7. The third kappa shape index (κ3) is 2.94. The van der Waals surface area contributed by atoms with Crippen LogP contribution in [0.3, 0.4) is 0 Å². The Morgan fingerprint density at radius 2 is 2.27 bits per heavy atom. The van der Waals surface area contributed by atoms with E-state index in [0.717, 1.165) is 19.2 Å². The molecule has 1 heterocycles. The summed E-state index contributed by atoms with van der Waals surface area (Å²) in [7, 11) is 1.16. The van der Waals surface area contributed by atoms with Crippen LogP contribution in [0.1, 0.15) is 16.3 Å². The first-order valence-corrected chi connectivity index (χ1v) is 3.95. The molecule has 0 saturated carbocycles. The monoisotopic (exact) mass is 212 g/mol. The highest BCUT2D eigenvalue weighted by Gasteiger charge is 2.11. The first-order chi connectivity index (χ1) is 7.17. The van der Waals surface area contributed by atoms with Gasteiger partial charge in [-0.15, -0.1) is 0 Å². The van der Waals surface area contributed by atoms with Crippen LogP contribution in [-0.2, 0) is 20.9 Å². The molecule has 15 heavy (non-hydrogen) atoms. The Hall–Kier alpha value is -2.11. The lowest BCUT2D eigenvalue weighted by molar-refractivity contribution is -0.130. The lowest BCUT2D eigenvalue weighted by atomic mass is 10.3. The van der Waals surface area contributed by atoms with Gasteiger partial charge in [-0.1, -0.05) is 0 Å². The zero-order valence-electron chi connectivity index (χ0n) is 7.89. The summed E-state index contributed by atoms with van der Waals surface area (Å²) in [4.78, 5) is 32.0. The number of ether oxygens (including phenoxy) is 2. The van der Waals surface area contributed by atoms with Crippen LogP contribution in [-0.4, -0.2) is 19.6 Å². The van der Waals surface area contributed by atoms with Gasteiger partial charge in [-0.05, 0) is 0 Å². The molecule has 0 radical (unpaired) electrons. The first kappa shape index (κ1) is 11.0. The van der Waals surface area contributed by atoms with Gasteiger partial charge in [-0.25, -0.2) is 4.79 Å². The molecule has 80 valence electrons. The zero-order chi connectivity index (χ0) is 11.3. The number of hydrogen-bond acceptors (Lipinski definition) is 6. The van der Waals surface area contributed by atoms with E-state index in [1.807, 2.05) is 0 Å². The molecular formula is C9H8O6. The number of rotatable bonds is 4. The van der Waals surface area contributed by atoms with E-state index in [9.17, 15) is 14.4 Å². The van der Waals surface area contributed by atoms with Crippen LogP contribution < -0.4 is 5.43 Å². The quantitative estimate of drug-likeness (QED) is 0.520. The molecule has 1 rings (SSSR count). The molecule has 0 aliphatic carbocycles. The molecule has 0 bridgehead atoms. The average Bonchev–Trinajstić information content (AvgIpc) is 2.24. The average molecular weight is 212 g/mol. The van der Waals surface area contributed by atoms with E-state index in [2.05, 4.69) is 9.47 Å². The van der Waals surface area contributed by atoms with Crippen molar-refractivity contribution < 1.29 is 23.5 Å². The zero-order valence-corrected chi connectivity index (χ0v) is 7.89. The Labute approximate surface area is 84.4 Å². The second kappa shape index (κ2) is 4.94. The van der Waals surface area contributed by atoms with Gasteiger partial charge in [-0.2, -0.15) is 0 Å². The van der Waals surface area contributed by atoms with Gasteiger partial charge < -0.3 is 13.9 Å². The van der Waals surface area contributed by atoms with Gasteiger partial charge in [-0.3, -0.25) is 9.59 Å². The SMILES string of the molecule is COC(=O)c1cc(=O)cc(COC=O)o1. The van der Waals surface area contributed by atoms with E-state index >= 15 is 0 Å². The van der Waals surface area contributed by atoms with Crippen molar-refractivity contribution in [2.24, 2.45) is 0 Å². The van der Waals surface area contributed by atoms with Gasteiger partial charge in [0.25, 0.3) is 6.47 Å². The van der Waals surface area contributed by atoms with Gasteiger partial charge in [0.1, 0.15) is 12.4 Å². The molecule has 1 aromatic rings. The van der Waals surface area contributed by atoms with E-state index in [1.165, 1.54) is 0 Å². The van der Waals surface area contributed by atoms with Crippen LogP contribution in [0.5, 0.6) is 0 Å². The van der Waals surface area contributed by atoms with Crippen LogP contribution in [0.4, 0.5) is 0 Å². The molecule has 0 fully saturated rings. The second-order valence-corrected chi connectivity index (χ2v) is 2.52. The van der Waals surface area contributed by atoms with Crippen LogP contribution in [0.25, 0.3) is 0 Å². The van der Waals surface area contributed by atoms with Gasteiger partial charge in [0.05, 0.1) is 7.11 Å². The highest BCUT2D eigenvalue weighted by atomic mass is 16.5.